The van der Waals surface area contributed by atoms with Crippen LogP contribution in [0.5, 0.6) is 0 Å². The van der Waals surface area contributed by atoms with Gasteiger partial charge in [-0.1, -0.05) is 0 Å². The van der Waals surface area contributed by atoms with Gasteiger partial charge in [0, 0.05) is 33.4 Å². The second-order valence-electron chi connectivity index (χ2n) is 5.77. The Hall–Kier alpha value is -0.880. The maximum atomic E-state index is 5.88. The van der Waals surface area contributed by atoms with Crippen molar-refractivity contribution in [1.29, 1.82) is 0 Å². The molecule has 2 atom stereocenters. The van der Waals surface area contributed by atoms with Crippen LogP contribution in [0.1, 0.15) is 24.4 Å². The molecule has 1 saturated carbocycles. The number of nitrogens with zero attached hydrogens (tertiary/aromatic N) is 1. The van der Waals surface area contributed by atoms with E-state index in [4.69, 9.17) is 13.9 Å². The van der Waals surface area contributed by atoms with Gasteiger partial charge in [0.25, 0.3) is 0 Å². The van der Waals surface area contributed by atoms with E-state index in [0.717, 1.165) is 37.7 Å². The third-order valence-corrected chi connectivity index (χ3v) is 4.14. The van der Waals surface area contributed by atoms with Gasteiger partial charge in [-0.15, -0.1) is 0 Å². The number of hydrogen-bond acceptors (Lipinski definition) is 5. The van der Waals surface area contributed by atoms with Gasteiger partial charge in [0.2, 0.25) is 0 Å². The average Bonchev–Trinajstić information content (AvgIpc) is 3.05. The highest BCUT2D eigenvalue weighted by atomic mass is 16.5. The van der Waals surface area contributed by atoms with Crippen molar-refractivity contribution in [2.45, 2.75) is 44.2 Å². The molecular weight excluding hydrogens is 256 g/mol. The lowest BCUT2D eigenvalue weighted by Crippen LogP contribution is -2.27. The second-order valence-corrected chi connectivity index (χ2v) is 5.77. The SMILES string of the molecule is COC1CN(Cc2ccc(CNC3CC3)o2)CC1OC. The summed E-state index contributed by atoms with van der Waals surface area (Å²) < 4.78 is 16.8. The summed E-state index contributed by atoms with van der Waals surface area (Å²) in [5.41, 5.74) is 0. The zero-order chi connectivity index (χ0) is 13.9. The van der Waals surface area contributed by atoms with Crippen LogP contribution >= 0.6 is 0 Å². The first kappa shape index (κ1) is 14.1. The van der Waals surface area contributed by atoms with Crippen LogP contribution in [0.25, 0.3) is 0 Å². The van der Waals surface area contributed by atoms with Gasteiger partial charge in [0.1, 0.15) is 11.5 Å². The summed E-state index contributed by atoms with van der Waals surface area (Å²) in [6.45, 7) is 3.45. The van der Waals surface area contributed by atoms with Crippen molar-refractivity contribution in [3.63, 3.8) is 0 Å². The topological polar surface area (TPSA) is 46.9 Å². The fraction of sp³-hybridized carbons (Fsp3) is 0.733. The van der Waals surface area contributed by atoms with Crippen LogP contribution in [0.4, 0.5) is 0 Å². The Morgan fingerprint density at radius 1 is 1.15 bits per heavy atom. The molecule has 2 aliphatic rings. The van der Waals surface area contributed by atoms with Crippen LogP contribution in [-0.2, 0) is 22.6 Å². The molecule has 1 aliphatic carbocycles. The molecule has 5 heteroatoms. The summed E-state index contributed by atoms with van der Waals surface area (Å²) >= 11 is 0. The van der Waals surface area contributed by atoms with E-state index in [2.05, 4.69) is 22.3 Å². The number of nitrogens with one attached hydrogen (secondary N) is 1. The van der Waals surface area contributed by atoms with Gasteiger partial charge in [-0.3, -0.25) is 4.90 Å². The van der Waals surface area contributed by atoms with Crippen LogP contribution in [0.15, 0.2) is 16.5 Å². The van der Waals surface area contributed by atoms with Crippen LogP contribution in [-0.4, -0.2) is 50.5 Å². The molecule has 112 valence electrons. The van der Waals surface area contributed by atoms with Crippen molar-refractivity contribution in [2.75, 3.05) is 27.3 Å². The molecule has 2 unspecified atom stereocenters. The molecule has 2 heterocycles. The smallest absolute Gasteiger partial charge is 0.118 e. The zero-order valence-corrected chi connectivity index (χ0v) is 12.3. The highest BCUT2D eigenvalue weighted by Crippen LogP contribution is 2.21. The van der Waals surface area contributed by atoms with Gasteiger partial charge >= 0.3 is 0 Å². The molecule has 1 aromatic rings. The van der Waals surface area contributed by atoms with E-state index in [1.54, 1.807) is 14.2 Å². The lowest BCUT2D eigenvalue weighted by atomic mass is 10.3. The first-order chi connectivity index (χ1) is 9.78. The molecule has 1 aliphatic heterocycles. The molecule has 5 nitrogen and oxygen atoms in total. The van der Waals surface area contributed by atoms with E-state index in [1.165, 1.54) is 12.8 Å². The van der Waals surface area contributed by atoms with Crippen molar-refractivity contribution in [1.82, 2.24) is 10.2 Å². The predicted octanol–water partition coefficient (Wildman–Crippen LogP) is 1.38. The normalized spacial score (nSPS) is 27.3. The van der Waals surface area contributed by atoms with Gasteiger partial charge in [-0.2, -0.15) is 0 Å². The Morgan fingerprint density at radius 3 is 2.40 bits per heavy atom. The monoisotopic (exact) mass is 280 g/mol. The number of likely N-dealkylation sites (tertiary alicyclic amines) is 1. The van der Waals surface area contributed by atoms with Crippen molar-refractivity contribution in [3.8, 4) is 0 Å². The molecule has 0 aromatic carbocycles. The molecule has 0 spiro atoms. The molecule has 0 bridgehead atoms. The fourth-order valence-corrected chi connectivity index (χ4v) is 2.76. The van der Waals surface area contributed by atoms with Gasteiger partial charge in [0.15, 0.2) is 0 Å². The highest BCUT2D eigenvalue weighted by molar-refractivity contribution is 5.08. The Labute approximate surface area is 120 Å². The lowest BCUT2D eigenvalue weighted by molar-refractivity contribution is -0.00461. The molecule has 1 saturated heterocycles. The van der Waals surface area contributed by atoms with Crippen molar-refractivity contribution in [3.05, 3.63) is 23.7 Å². The van der Waals surface area contributed by atoms with E-state index >= 15 is 0 Å². The molecule has 0 radical (unpaired) electrons. The van der Waals surface area contributed by atoms with Gasteiger partial charge < -0.3 is 19.2 Å². The van der Waals surface area contributed by atoms with E-state index in [-0.39, 0.29) is 12.2 Å². The van der Waals surface area contributed by atoms with Crippen LogP contribution < -0.4 is 5.32 Å². The summed E-state index contributed by atoms with van der Waals surface area (Å²) in [6.07, 6.45) is 2.92. The maximum Gasteiger partial charge on any atom is 0.118 e. The molecule has 2 fully saturated rings. The quantitative estimate of drug-likeness (QED) is 0.817. The summed E-state index contributed by atoms with van der Waals surface area (Å²) in [6, 6.07) is 4.86. The summed E-state index contributed by atoms with van der Waals surface area (Å²) in [4.78, 5) is 2.32. The number of rotatable bonds is 7. The minimum absolute atomic E-state index is 0.158. The molecule has 3 rings (SSSR count). The number of furan rings is 1. The van der Waals surface area contributed by atoms with Crippen molar-refractivity contribution >= 4 is 0 Å². The molecular formula is C15H24N2O3. The summed E-state index contributed by atoms with van der Waals surface area (Å²) in [5, 5.41) is 3.46. The minimum atomic E-state index is 0.158. The van der Waals surface area contributed by atoms with Gasteiger partial charge in [-0.25, -0.2) is 0 Å². The van der Waals surface area contributed by atoms with Crippen molar-refractivity contribution < 1.29 is 13.9 Å². The standard InChI is InChI=1S/C15H24N2O3/c1-18-14-9-17(10-15(14)19-2)8-13-6-5-12(20-13)7-16-11-3-4-11/h5-6,11,14-16H,3-4,7-10H2,1-2H3. The Bertz CT molecular complexity index is 419. The minimum Gasteiger partial charge on any atom is -0.463 e. The lowest BCUT2D eigenvalue weighted by Gasteiger charge is -2.13. The Morgan fingerprint density at radius 2 is 1.80 bits per heavy atom. The van der Waals surface area contributed by atoms with E-state index in [0.29, 0.717) is 6.04 Å². The van der Waals surface area contributed by atoms with Gasteiger partial charge in [-0.05, 0) is 25.0 Å². The van der Waals surface area contributed by atoms with Crippen molar-refractivity contribution in [2.24, 2.45) is 0 Å². The third-order valence-electron chi connectivity index (χ3n) is 4.14. The third kappa shape index (κ3) is 3.41. The summed E-state index contributed by atoms with van der Waals surface area (Å²) in [7, 11) is 3.49. The first-order valence-corrected chi connectivity index (χ1v) is 7.37. The van der Waals surface area contributed by atoms with E-state index < -0.39 is 0 Å². The highest BCUT2D eigenvalue weighted by Gasteiger charge is 2.33. The number of hydrogen-bond donors (Lipinski definition) is 1. The van der Waals surface area contributed by atoms with Gasteiger partial charge in [0.05, 0.1) is 25.3 Å². The van der Waals surface area contributed by atoms with Crippen LogP contribution in [0.2, 0.25) is 0 Å². The van der Waals surface area contributed by atoms with E-state index in [9.17, 15) is 0 Å². The molecule has 20 heavy (non-hydrogen) atoms. The fourth-order valence-electron chi connectivity index (χ4n) is 2.76. The van der Waals surface area contributed by atoms with E-state index in [1.807, 2.05) is 0 Å². The zero-order valence-electron chi connectivity index (χ0n) is 12.3. The number of methoxy groups -OCH3 is 2. The molecule has 0 amide bonds. The largest absolute Gasteiger partial charge is 0.463 e. The second kappa shape index (κ2) is 6.26. The molecule has 1 N–H and O–H groups in total. The Kier molecular flexibility index (Phi) is 4.41. The summed E-state index contributed by atoms with van der Waals surface area (Å²) in [5.74, 6) is 2.04. The van der Waals surface area contributed by atoms with Crippen LogP contribution in [0.3, 0.4) is 0 Å². The van der Waals surface area contributed by atoms with Crippen LogP contribution in [0, 0.1) is 0 Å². The Balaban J connectivity index is 1.50. The number of ether oxygens (including phenoxy) is 2. The average molecular weight is 280 g/mol. The predicted molar refractivity (Wildman–Crippen MR) is 75.4 cm³/mol. The maximum absolute atomic E-state index is 5.88. The molecule has 1 aromatic heterocycles. The first-order valence-electron chi connectivity index (χ1n) is 7.37.